The van der Waals surface area contributed by atoms with Gasteiger partial charge in [-0.1, -0.05) is 18.5 Å². The van der Waals surface area contributed by atoms with Gasteiger partial charge in [0.05, 0.1) is 35.1 Å². The molecule has 1 N–H and O–H groups in total. The second-order valence-electron chi connectivity index (χ2n) is 5.86. The van der Waals surface area contributed by atoms with E-state index in [1.807, 2.05) is 45.5 Å². The average molecular weight is 338 g/mol. The molecule has 7 heteroatoms. The molecular formula is C16H24ClN5O. The lowest BCUT2D eigenvalue weighted by atomic mass is 10.1. The Balaban J connectivity index is 1.94. The Labute approximate surface area is 141 Å². The Hall–Kier alpha value is -1.82. The Morgan fingerprint density at radius 2 is 2.00 bits per heavy atom. The van der Waals surface area contributed by atoms with Crippen molar-refractivity contribution in [3.63, 3.8) is 0 Å². The standard InChI is InChI=1S/C16H24ClN5O/c1-6-21-12(4)14(8-19-21)7-18-16(23)10(2)9-22-13(5)15(17)11(3)20-22/h8,10H,6-7,9H2,1-5H3,(H,18,23). The van der Waals surface area contributed by atoms with Gasteiger partial charge in [0.2, 0.25) is 5.91 Å². The zero-order valence-corrected chi connectivity index (χ0v) is 15.1. The molecule has 0 aliphatic rings. The van der Waals surface area contributed by atoms with E-state index in [9.17, 15) is 4.79 Å². The number of aromatic nitrogens is 4. The monoisotopic (exact) mass is 337 g/mol. The van der Waals surface area contributed by atoms with Gasteiger partial charge in [0.25, 0.3) is 0 Å². The average Bonchev–Trinajstić information content (AvgIpc) is 3.00. The molecular weight excluding hydrogens is 314 g/mol. The van der Waals surface area contributed by atoms with E-state index in [4.69, 9.17) is 11.6 Å². The van der Waals surface area contributed by atoms with E-state index in [-0.39, 0.29) is 11.8 Å². The molecule has 0 spiro atoms. The van der Waals surface area contributed by atoms with Crippen LogP contribution in [-0.2, 0) is 24.4 Å². The van der Waals surface area contributed by atoms with Crippen molar-refractivity contribution >= 4 is 17.5 Å². The van der Waals surface area contributed by atoms with E-state index >= 15 is 0 Å². The molecule has 0 fully saturated rings. The van der Waals surface area contributed by atoms with Gasteiger partial charge in [-0.3, -0.25) is 14.2 Å². The minimum atomic E-state index is -0.189. The van der Waals surface area contributed by atoms with Gasteiger partial charge in [-0.2, -0.15) is 10.2 Å². The number of amides is 1. The van der Waals surface area contributed by atoms with E-state index in [1.54, 1.807) is 4.68 Å². The van der Waals surface area contributed by atoms with Crippen molar-refractivity contribution in [1.29, 1.82) is 0 Å². The predicted molar refractivity (Wildman–Crippen MR) is 90.4 cm³/mol. The number of halogens is 1. The molecule has 126 valence electrons. The van der Waals surface area contributed by atoms with Crippen LogP contribution in [0.5, 0.6) is 0 Å². The van der Waals surface area contributed by atoms with Crippen molar-refractivity contribution in [3.8, 4) is 0 Å². The second kappa shape index (κ2) is 7.17. The molecule has 0 aliphatic carbocycles. The van der Waals surface area contributed by atoms with Crippen LogP contribution in [0.1, 0.15) is 36.5 Å². The SMILES string of the molecule is CCn1ncc(CNC(=O)C(C)Cn2nc(C)c(Cl)c2C)c1C. The van der Waals surface area contributed by atoms with Crippen LogP contribution >= 0.6 is 11.6 Å². The van der Waals surface area contributed by atoms with E-state index in [0.29, 0.717) is 18.1 Å². The molecule has 6 nitrogen and oxygen atoms in total. The summed E-state index contributed by atoms with van der Waals surface area (Å²) < 4.78 is 3.71. The van der Waals surface area contributed by atoms with Crippen molar-refractivity contribution in [2.24, 2.45) is 5.92 Å². The summed E-state index contributed by atoms with van der Waals surface area (Å²) in [7, 11) is 0. The van der Waals surface area contributed by atoms with Gasteiger partial charge in [-0.05, 0) is 27.7 Å². The van der Waals surface area contributed by atoms with Gasteiger partial charge in [0, 0.05) is 24.3 Å². The molecule has 2 aromatic heterocycles. The van der Waals surface area contributed by atoms with E-state index in [0.717, 1.165) is 29.2 Å². The minimum Gasteiger partial charge on any atom is -0.352 e. The van der Waals surface area contributed by atoms with Crippen LogP contribution in [0.2, 0.25) is 5.02 Å². The summed E-state index contributed by atoms with van der Waals surface area (Å²) in [5.41, 5.74) is 3.82. The minimum absolute atomic E-state index is 0.00248. The molecule has 0 bridgehead atoms. The van der Waals surface area contributed by atoms with Gasteiger partial charge in [-0.25, -0.2) is 0 Å². The molecule has 0 radical (unpaired) electrons. The second-order valence-corrected chi connectivity index (χ2v) is 6.23. The summed E-state index contributed by atoms with van der Waals surface area (Å²) in [6.07, 6.45) is 1.81. The van der Waals surface area contributed by atoms with Crippen molar-refractivity contribution < 1.29 is 4.79 Å². The number of hydrogen-bond donors (Lipinski definition) is 1. The fourth-order valence-corrected chi connectivity index (χ4v) is 2.66. The summed E-state index contributed by atoms with van der Waals surface area (Å²) in [6.45, 7) is 11.6. The Kier molecular flexibility index (Phi) is 5.46. The first-order chi connectivity index (χ1) is 10.8. The first kappa shape index (κ1) is 17.5. The Morgan fingerprint density at radius 1 is 1.30 bits per heavy atom. The summed E-state index contributed by atoms with van der Waals surface area (Å²) >= 11 is 6.14. The summed E-state index contributed by atoms with van der Waals surface area (Å²) in [5.74, 6) is -0.192. The van der Waals surface area contributed by atoms with Gasteiger partial charge in [-0.15, -0.1) is 0 Å². The van der Waals surface area contributed by atoms with Crippen LogP contribution in [0, 0.1) is 26.7 Å². The lowest BCUT2D eigenvalue weighted by Gasteiger charge is -2.13. The third kappa shape index (κ3) is 3.75. The van der Waals surface area contributed by atoms with E-state index in [1.165, 1.54) is 0 Å². The maximum atomic E-state index is 12.3. The quantitative estimate of drug-likeness (QED) is 0.881. The number of rotatable bonds is 6. The summed E-state index contributed by atoms with van der Waals surface area (Å²) in [6, 6.07) is 0. The predicted octanol–water partition coefficient (Wildman–Crippen LogP) is 2.63. The zero-order chi connectivity index (χ0) is 17.1. The third-order valence-electron chi connectivity index (χ3n) is 4.15. The normalized spacial score (nSPS) is 12.4. The number of aryl methyl sites for hydroxylation is 2. The van der Waals surface area contributed by atoms with E-state index in [2.05, 4.69) is 15.5 Å². The lowest BCUT2D eigenvalue weighted by molar-refractivity contribution is -0.125. The largest absolute Gasteiger partial charge is 0.352 e. The topological polar surface area (TPSA) is 64.7 Å². The molecule has 2 aromatic rings. The molecule has 2 rings (SSSR count). The maximum absolute atomic E-state index is 12.3. The summed E-state index contributed by atoms with van der Waals surface area (Å²) in [5, 5.41) is 12.3. The third-order valence-corrected chi connectivity index (χ3v) is 4.69. The van der Waals surface area contributed by atoms with Crippen molar-refractivity contribution in [3.05, 3.63) is 33.9 Å². The Bertz CT molecular complexity index is 704. The highest BCUT2D eigenvalue weighted by molar-refractivity contribution is 6.31. The lowest BCUT2D eigenvalue weighted by Crippen LogP contribution is -2.31. The molecule has 0 aromatic carbocycles. The fourth-order valence-electron chi connectivity index (χ4n) is 2.53. The zero-order valence-electron chi connectivity index (χ0n) is 14.4. The molecule has 23 heavy (non-hydrogen) atoms. The van der Waals surface area contributed by atoms with Crippen LogP contribution in [-0.4, -0.2) is 25.5 Å². The van der Waals surface area contributed by atoms with Crippen molar-refractivity contribution in [2.45, 2.75) is 54.3 Å². The molecule has 0 saturated heterocycles. The highest BCUT2D eigenvalue weighted by Gasteiger charge is 2.17. The molecule has 1 unspecified atom stereocenters. The fraction of sp³-hybridized carbons (Fsp3) is 0.562. The maximum Gasteiger partial charge on any atom is 0.224 e. The van der Waals surface area contributed by atoms with Crippen molar-refractivity contribution in [1.82, 2.24) is 24.9 Å². The van der Waals surface area contributed by atoms with Gasteiger partial charge >= 0.3 is 0 Å². The van der Waals surface area contributed by atoms with Crippen LogP contribution < -0.4 is 5.32 Å². The van der Waals surface area contributed by atoms with Crippen LogP contribution in [0.25, 0.3) is 0 Å². The number of nitrogens with one attached hydrogen (secondary N) is 1. The number of hydrogen-bond acceptors (Lipinski definition) is 3. The van der Waals surface area contributed by atoms with Crippen LogP contribution in [0.3, 0.4) is 0 Å². The van der Waals surface area contributed by atoms with Gasteiger partial charge in [0.1, 0.15) is 0 Å². The highest BCUT2D eigenvalue weighted by Crippen LogP contribution is 2.19. The molecule has 2 heterocycles. The molecule has 0 aliphatic heterocycles. The first-order valence-corrected chi connectivity index (χ1v) is 8.21. The smallest absolute Gasteiger partial charge is 0.224 e. The highest BCUT2D eigenvalue weighted by atomic mass is 35.5. The van der Waals surface area contributed by atoms with Gasteiger partial charge < -0.3 is 5.32 Å². The number of nitrogens with zero attached hydrogens (tertiary/aromatic N) is 4. The molecule has 0 saturated carbocycles. The van der Waals surface area contributed by atoms with E-state index < -0.39 is 0 Å². The van der Waals surface area contributed by atoms with Gasteiger partial charge in [0.15, 0.2) is 0 Å². The first-order valence-electron chi connectivity index (χ1n) is 7.83. The summed E-state index contributed by atoms with van der Waals surface area (Å²) in [4.78, 5) is 12.3. The van der Waals surface area contributed by atoms with Crippen LogP contribution in [0.4, 0.5) is 0 Å². The molecule has 1 atom stereocenters. The number of carbonyl (C=O) groups is 1. The number of carbonyl (C=O) groups excluding carboxylic acids is 1. The van der Waals surface area contributed by atoms with Crippen molar-refractivity contribution in [2.75, 3.05) is 0 Å². The van der Waals surface area contributed by atoms with Crippen LogP contribution in [0.15, 0.2) is 6.20 Å². The molecule has 1 amide bonds. The Morgan fingerprint density at radius 3 is 2.52 bits per heavy atom.